The number of carbonyl (C=O) groups excluding carboxylic acids is 3. The van der Waals surface area contributed by atoms with Gasteiger partial charge in [0.15, 0.2) is 6.10 Å². The molecule has 3 N–H and O–H groups in total. The first kappa shape index (κ1) is 30.7. The Morgan fingerprint density at radius 3 is 2.54 bits per heavy atom. The number of nitrogens with zero attached hydrogens (tertiary/aromatic N) is 1. The van der Waals surface area contributed by atoms with Gasteiger partial charge in [0.1, 0.15) is 6.54 Å². The van der Waals surface area contributed by atoms with Gasteiger partial charge in [0.25, 0.3) is 0 Å². The SMILES string of the molecule is CC1CCCC1N(C(=O)CNC(=O)OC(c1ccccc1)C(F)(F)c1cccc(Cl)c1)C(CO)C[C@@H]1CCNC1=O. The minimum absolute atomic E-state index is 0.0653. The van der Waals surface area contributed by atoms with Crippen molar-refractivity contribution >= 4 is 29.5 Å². The Morgan fingerprint density at radius 1 is 1.17 bits per heavy atom. The van der Waals surface area contributed by atoms with Crippen molar-refractivity contribution in [2.75, 3.05) is 19.7 Å². The Morgan fingerprint density at radius 2 is 1.93 bits per heavy atom. The van der Waals surface area contributed by atoms with Crippen LogP contribution in [0, 0.1) is 11.8 Å². The minimum Gasteiger partial charge on any atom is -0.434 e. The molecule has 1 aliphatic carbocycles. The average Bonchev–Trinajstić information content (AvgIpc) is 3.57. The highest BCUT2D eigenvalue weighted by atomic mass is 35.5. The smallest absolute Gasteiger partial charge is 0.408 e. The number of amides is 3. The van der Waals surface area contributed by atoms with Gasteiger partial charge in [-0.2, -0.15) is 8.78 Å². The number of nitrogens with one attached hydrogen (secondary N) is 2. The Labute approximate surface area is 243 Å². The fourth-order valence-electron chi connectivity index (χ4n) is 5.89. The first-order chi connectivity index (χ1) is 19.6. The lowest BCUT2D eigenvalue weighted by Crippen LogP contribution is -2.53. The fourth-order valence-corrected chi connectivity index (χ4v) is 6.08. The second-order valence-electron chi connectivity index (χ2n) is 10.8. The quantitative estimate of drug-likeness (QED) is 0.348. The van der Waals surface area contributed by atoms with Gasteiger partial charge in [-0.15, -0.1) is 0 Å². The van der Waals surface area contributed by atoms with E-state index < -0.39 is 42.2 Å². The molecule has 222 valence electrons. The van der Waals surface area contributed by atoms with Crippen molar-refractivity contribution in [3.05, 3.63) is 70.7 Å². The molecule has 1 heterocycles. The molecule has 1 aliphatic heterocycles. The second kappa shape index (κ2) is 13.6. The number of aliphatic hydroxyl groups is 1. The highest BCUT2D eigenvalue weighted by molar-refractivity contribution is 6.30. The number of rotatable bonds is 11. The maximum Gasteiger partial charge on any atom is 0.408 e. The van der Waals surface area contributed by atoms with E-state index in [0.29, 0.717) is 19.4 Å². The molecule has 0 bridgehead atoms. The number of hydrogen-bond donors (Lipinski definition) is 3. The molecular formula is C30H36ClF2N3O5. The zero-order valence-corrected chi connectivity index (χ0v) is 23.7. The van der Waals surface area contributed by atoms with Gasteiger partial charge in [-0.3, -0.25) is 9.59 Å². The van der Waals surface area contributed by atoms with Gasteiger partial charge >= 0.3 is 12.0 Å². The summed E-state index contributed by atoms with van der Waals surface area (Å²) in [5.41, 5.74) is -0.360. The molecular weight excluding hydrogens is 556 g/mol. The number of ether oxygens (including phenoxy) is 1. The van der Waals surface area contributed by atoms with Gasteiger partial charge in [0, 0.05) is 29.1 Å². The standard InChI is InChI=1S/C30H36ClF2N3O5/c1-19-7-5-12-25(19)36(24(18-37)15-21-13-14-34-28(21)39)26(38)17-35-29(40)41-27(20-8-3-2-4-9-20)30(32,33)22-10-6-11-23(31)16-22/h2-4,6,8-11,16,19,21,24-25,27,37H,5,7,12-15,17-18H2,1H3,(H,34,39)(H,35,40)/t19?,21-,24?,25?,27?/m0/s1. The van der Waals surface area contributed by atoms with Gasteiger partial charge in [0.2, 0.25) is 11.8 Å². The summed E-state index contributed by atoms with van der Waals surface area (Å²) in [7, 11) is 0. The highest BCUT2D eigenvalue weighted by Crippen LogP contribution is 2.43. The predicted octanol–water partition coefficient (Wildman–Crippen LogP) is 4.80. The van der Waals surface area contributed by atoms with E-state index in [1.165, 1.54) is 30.3 Å². The predicted molar refractivity (Wildman–Crippen MR) is 149 cm³/mol. The Bertz CT molecular complexity index is 1220. The molecule has 0 radical (unpaired) electrons. The average molecular weight is 592 g/mol. The number of hydrogen-bond acceptors (Lipinski definition) is 5. The van der Waals surface area contributed by atoms with E-state index in [2.05, 4.69) is 10.6 Å². The summed E-state index contributed by atoms with van der Waals surface area (Å²) in [5, 5.41) is 15.5. The zero-order valence-electron chi connectivity index (χ0n) is 22.9. The summed E-state index contributed by atoms with van der Waals surface area (Å²) in [4.78, 5) is 40.2. The van der Waals surface area contributed by atoms with Crippen LogP contribution in [0.2, 0.25) is 5.02 Å². The maximum atomic E-state index is 15.7. The lowest BCUT2D eigenvalue weighted by molar-refractivity contribution is -0.139. The molecule has 8 nitrogen and oxygen atoms in total. The molecule has 3 amide bonds. The summed E-state index contributed by atoms with van der Waals surface area (Å²) >= 11 is 5.95. The molecule has 5 atom stereocenters. The number of alkyl halides is 2. The zero-order chi connectivity index (χ0) is 29.6. The van der Waals surface area contributed by atoms with E-state index in [1.54, 1.807) is 23.1 Å². The van der Waals surface area contributed by atoms with Crippen LogP contribution in [0.4, 0.5) is 13.6 Å². The second-order valence-corrected chi connectivity index (χ2v) is 11.2. The van der Waals surface area contributed by atoms with Crippen LogP contribution in [0.15, 0.2) is 54.6 Å². The van der Waals surface area contributed by atoms with Crippen molar-refractivity contribution in [1.29, 1.82) is 0 Å². The summed E-state index contributed by atoms with van der Waals surface area (Å²) in [6.07, 6.45) is 0.270. The topological polar surface area (TPSA) is 108 Å². The number of alkyl carbamates (subject to hydrolysis) is 1. The molecule has 2 aliphatic rings. The van der Waals surface area contributed by atoms with Gasteiger partial charge in [-0.25, -0.2) is 4.79 Å². The van der Waals surface area contributed by atoms with E-state index in [1.807, 2.05) is 6.92 Å². The summed E-state index contributed by atoms with van der Waals surface area (Å²) in [5.74, 6) is -4.38. The Kier molecular flexibility index (Phi) is 10.2. The summed E-state index contributed by atoms with van der Waals surface area (Å²) < 4.78 is 36.7. The highest BCUT2D eigenvalue weighted by Gasteiger charge is 2.46. The monoisotopic (exact) mass is 591 g/mol. The molecule has 1 saturated heterocycles. The van der Waals surface area contributed by atoms with Crippen LogP contribution in [0.1, 0.15) is 56.3 Å². The number of benzene rings is 2. The molecule has 0 aromatic heterocycles. The third-order valence-corrected chi connectivity index (χ3v) is 8.27. The van der Waals surface area contributed by atoms with E-state index in [-0.39, 0.29) is 41.0 Å². The molecule has 11 heteroatoms. The van der Waals surface area contributed by atoms with Gasteiger partial charge in [-0.05, 0) is 49.3 Å². The van der Waals surface area contributed by atoms with Gasteiger partial charge in [0.05, 0.1) is 12.6 Å². The van der Waals surface area contributed by atoms with Crippen LogP contribution >= 0.6 is 11.6 Å². The number of carbonyl (C=O) groups is 3. The van der Waals surface area contributed by atoms with Crippen LogP contribution in [-0.2, 0) is 20.2 Å². The molecule has 4 unspecified atom stereocenters. The van der Waals surface area contributed by atoms with Crippen LogP contribution < -0.4 is 10.6 Å². The molecule has 4 rings (SSSR count). The largest absolute Gasteiger partial charge is 0.434 e. The van der Waals surface area contributed by atoms with Crippen LogP contribution in [0.3, 0.4) is 0 Å². The van der Waals surface area contributed by atoms with Crippen molar-refractivity contribution in [1.82, 2.24) is 15.5 Å². The van der Waals surface area contributed by atoms with Crippen molar-refractivity contribution in [3.63, 3.8) is 0 Å². The van der Waals surface area contributed by atoms with E-state index in [9.17, 15) is 19.5 Å². The molecule has 0 spiro atoms. The van der Waals surface area contributed by atoms with Crippen molar-refractivity contribution in [2.45, 2.75) is 63.1 Å². The normalized spacial score (nSPS) is 22.1. The lowest BCUT2D eigenvalue weighted by atomic mass is 9.94. The van der Waals surface area contributed by atoms with Crippen molar-refractivity contribution in [2.24, 2.45) is 11.8 Å². The van der Waals surface area contributed by atoms with Gasteiger partial charge < -0.3 is 25.4 Å². The number of aliphatic hydroxyl groups excluding tert-OH is 1. The summed E-state index contributed by atoms with van der Waals surface area (Å²) in [6.45, 7) is 1.72. The van der Waals surface area contributed by atoms with Crippen LogP contribution in [0.25, 0.3) is 0 Å². The lowest BCUT2D eigenvalue weighted by Gasteiger charge is -2.38. The maximum absolute atomic E-state index is 15.7. The Hall–Kier alpha value is -3.24. The first-order valence-electron chi connectivity index (χ1n) is 13.9. The molecule has 41 heavy (non-hydrogen) atoms. The molecule has 1 saturated carbocycles. The fraction of sp³-hybridized carbons (Fsp3) is 0.500. The first-order valence-corrected chi connectivity index (χ1v) is 14.3. The van der Waals surface area contributed by atoms with Gasteiger partial charge in [-0.1, -0.05) is 67.4 Å². The van der Waals surface area contributed by atoms with Crippen molar-refractivity contribution in [3.8, 4) is 0 Å². The third kappa shape index (κ3) is 7.35. The van der Waals surface area contributed by atoms with E-state index >= 15 is 8.78 Å². The molecule has 2 aromatic carbocycles. The Balaban J connectivity index is 1.49. The third-order valence-electron chi connectivity index (χ3n) is 8.03. The van der Waals surface area contributed by atoms with Crippen molar-refractivity contribution < 1.29 is 33.0 Å². The minimum atomic E-state index is -3.64. The van der Waals surface area contributed by atoms with E-state index in [0.717, 1.165) is 25.3 Å². The molecule has 2 fully saturated rings. The number of halogens is 3. The van der Waals surface area contributed by atoms with Crippen LogP contribution in [-0.4, -0.2) is 59.7 Å². The summed E-state index contributed by atoms with van der Waals surface area (Å²) in [6, 6.07) is 12.0. The molecule has 2 aromatic rings. The van der Waals surface area contributed by atoms with Crippen LogP contribution in [0.5, 0.6) is 0 Å². The van der Waals surface area contributed by atoms with E-state index in [4.69, 9.17) is 16.3 Å².